The van der Waals surface area contributed by atoms with Crippen LogP contribution in [0.1, 0.15) is 73.5 Å². The molecule has 1 saturated heterocycles. The van der Waals surface area contributed by atoms with Gasteiger partial charge in [-0.3, -0.25) is 19.2 Å². The zero-order valence-corrected chi connectivity index (χ0v) is 22.3. The van der Waals surface area contributed by atoms with E-state index in [1.165, 1.54) is 15.6 Å². The smallest absolute Gasteiger partial charge is 0.417 e. The highest BCUT2D eigenvalue weighted by Gasteiger charge is 2.37. The summed E-state index contributed by atoms with van der Waals surface area (Å²) in [4.78, 5) is 26.1. The van der Waals surface area contributed by atoms with E-state index >= 15 is 0 Å². The largest absolute Gasteiger partial charge is 0.481 e. The molecule has 1 amide bonds. The van der Waals surface area contributed by atoms with Gasteiger partial charge in [-0.1, -0.05) is 12.8 Å². The second kappa shape index (κ2) is 12.8. The van der Waals surface area contributed by atoms with Crippen molar-refractivity contribution in [3.63, 3.8) is 0 Å². The maximum atomic E-state index is 13.8. The number of hydrogen-bond donors (Lipinski definition) is 2. The summed E-state index contributed by atoms with van der Waals surface area (Å²) >= 11 is 0. The molecule has 2 aromatic rings. The molecule has 1 aliphatic heterocycles. The Balaban J connectivity index is 0.00000441. The topological polar surface area (TPSA) is 87.5 Å². The van der Waals surface area contributed by atoms with Crippen LogP contribution in [0.25, 0.3) is 11.3 Å². The van der Waals surface area contributed by atoms with Crippen molar-refractivity contribution >= 4 is 24.3 Å². The molecule has 1 aromatic carbocycles. The molecule has 1 saturated carbocycles. The number of hydrogen-bond acceptors (Lipinski definition) is 4. The van der Waals surface area contributed by atoms with Gasteiger partial charge in [0.25, 0.3) is 11.8 Å². The summed E-state index contributed by atoms with van der Waals surface area (Å²) in [5.74, 6) is -5.89. The fourth-order valence-corrected chi connectivity index (χ4v) is 5.38. The van der Waals surface area contributed by atoms with Crippen LogP contribution in [0, 0.1) is 5.82 Å². The van der Waals surface area contributed by atoms with E-state index in [0.29, 0.717) is 31.9 Å². The lowest BCUT2D eigenvalue weighted by Crippen LogP contribution is -2.45. The van der Waals surface area contributed by atoms with E-state index in [9.17, 15) is 41.0 Å². The molecule has 2 aliphatic rings. The van der Waals surface area contributed by atoms with Gasteiger partial charge in [0.15, 0.2) is 5.69 Å². The number of halogens is 7. The van der Waals surface area contributed by atoms with Crippen LogP contribution in [0.5, 0.6) is 0 Å². The summed E-state index contributed by atoms with van der Waals surface area (Å²) in [6.07, 6.45) is -2.22. The lowest BCUT2D eigenvalue weighted by Gasteiger charge is -2.33. The Morgan fingerprint density at radius 1 is 1.15 bits per heavy atom. The Labute approximate surface area is 233 Å². The molecule has 0 spiro atoms. The first-order chi connectivity index (χ1) is 18.3. The quantitative estimate of drug-likeness (QED) is 0.350. The van der Waals surface area contributed by atoms with Crippen LogP contribution in [-0.2, 0) is 11.0 Å². The Morgan fingerprint density at radius 2 is 1.85 bits per heavy atom. The number of nitrogens with one attached hydrogen (secondary N) is 1. The summed E-state index contributed by atoms with van der Waals surface area (Å²) in [6.45, 7) is 0.118. The number of aliphatic carboxylic acids is 1. The van der Waals surface area contributed by atoms with Crippen LogP contribution in [0.15, 0.2) is 24.3 Å². The van der Waals surface area contributed by atoms with Crippen molar-refractivity contribution in [1.29, 1.82) is 0 Å². The standard InChI is InChI=1S/C26H30F6N4O3.ClH/c27-16-6-7-19(20(12-16)26(30,31)32)22-14-21(34-36(22)18-4-1-2-5-18)24(39)33-17(13-23(37)38)8-11-35-10-3-9-25(28,29)15-35;/h6-7,12,14,17-18H,1-5,8-11,13,15H2,(H,33,39)(H,37,38);1H/t17-;/m0./s1. The number of alkyl halides is 5. The van der Waals surface area contributed by atoms with E-state index < -0.39 is 54.4 Å². The van der Waals surface area contributed by atoms with Gasteiger partial charge in [-0.25, -0.2) is 13.2 Å². The number of piperidine rings is 1. The average Bonchev–Trinajstić information content (AvgIpc) is 3.51. The zero-order chi connectivity index (χ0) is 28.4. The predicted octanol–water partition coefficient (Wildman–Crippen LogP) is 5.94. The van der Waals surface area contributed by atoms with Gasteiger partial charge < -0.3 is 10.4 Å². The van der Waals surface area contributed by atoms with E-state index in [4.69, 9.17) is 0 Å². The molecule has 1 aromatic heterocycles. The number of rotatable bonds is 9. The van der Waals surface area contributed by atoms with Crippen LogP contribution < -0.4 is 5.32 Å². The first kappa shape index (κ1) is 31.7. The molecule has 0 unspecified atom stereocenters. The number of carboxylic acid groups (broad SMARTS) is 1. The molecule has 2 N–H and O–H groups in total. The fraction of sp³-hybridized carbons (Fsp3) is 0.577. The second-order valence-electron chi connectivity index (χ2n) is 10.3. The van der Waals surface area contributed by atoms with Gasteiger partial charge in [-0.2, -0.15) is 18.3 Å². The maximum absolute atomic E-state index is 13.8. The minimum atomic E-state index is -4.86. The maximum Gasteiger partial charge on any atom is 0.417 e. The number of carboxylic acids is 1. The van der Waals surface area contributed by atoms with Gasteiger partial charge in [0, 0.05) is 24.6 Å². The fourth-order valence-electron chi connectivity index (χ4n) is 5.38. The van der Waals surface area contributed by atoms with E-state index in [2.05, 4.69) is 10.4 Å². The molecule has 1 atom stereocenters. The molecular formula is C26H31ClF6N4O3. The molecule has 222 valence electrons. The molecule has 0 radical (unpaired) electrons. The average molecular weight is 597 g/mol. The van der Waals surface area contributed by atoms with Crippen LogP contribution in [0.4, 0.5) is 26.3 Å². The second-order valence-corrected chi connectivity index (χ2v) is 10.3. The number of amides is 1. The van der Waals surface area contributed by atoms with Crippen molar-refractivity contribution in [1.82, 2.24) is 20.0 Å². The van der Waals surface area contributed by atoms with Crippen LogP contribution in [-0.4, -0.2) is 63.3 Å². The lowest BCUT2D eigenvalue weighted by atomic mass is 10.0. The van der Waals surface area contributed by atoms with Crippen molar-refractivity contribution in [2.75, 3.05) is 19.6 Å². The SMILES string of the molecule is Cl.O=C(O)C[C@H](CCN1CCCC(F)(F)C1)NC(=O)c1cc(-c2ccc(F)cc2C(F)(F)F)n(C2CCCC2)n1. The molecule has 7 nitrogen and oxygen atoms in total. The highest BCUT2D eigenvalue weighted by Crippen LogP contribution is 2.40. The molecule has 4 rings (SSSR count). The third kappa shape index (κ3) is 7.90. The van der Waals surface area contributed by atoms with Crippen molar-refractivity contribution in [2.45, 2.75) is 75.5 Å². The molecule has 2 heterocycles. The lowest BCUT2D eigenvalue weighted by molar-refractivity contribution is -0.138. The van der Waals surface area contributed by atoms with Gasteiger partial charge in [-0.15, -0.1) is 12.4 Å². The summed E-state index contributed by atoms with van der Waals surface area (Å²) in [6, 6.07) is 2.32. The number of nitrogens with zero attached hydrogens (tertiary/aromatic N) is 3. The first-order valence-electron chi connectivity index (χ1n) is 12.9. The Kier molecular flexibility index (Phi) is 10.2. The van der Waals surface area contributed by atoms with Crippen LogP contribution in [0.2, 0.25) is 0 Å². The molecule has 14 heteroatoms. The van der Waals surface area contributed by atoms with Crippen molar-refractivity contribution < 1.29 is 41.0 Å². The first-order valence-corrected chi connectivity index (χ1v) is 12.9. The zero-order valence-electron chi connectivity index (χ0n) is 21.5. The van der Waals surface area contributed by atoms with Gasteiger partial charge in [0.2, 0.25) is 0 Å². The van der Waals surface area contributed by atoms with E-state index in [1.807, 2.05) is 0 Å². The van der Waals surface area contributed by atoms with Crippen LogP contribution >= 0.6 is 12.4 Å². The Hall–Kier alpha value is -2.80. The van der Waals surface area contributed by atoms with Crippen molar-refractivity contribution in [2.24, 2.45) is 0 Å². The minimum absolute atomic E-state index is 0. The third-order valence-corrected chi connectivity index (χ3v) is 7.22. The Bertz CT molecular complexity index is 1200. The highest BCUT2D eigenvalue weighted by atomic mass is 35.5. The third-order valence-electron chi connectivity index (χ3n) is 7.22. The van der Waals surface area contributed by atoms with Gasteiger partial charge in [0.05, 0.1) is 30.3 Å². The van der Waals surface area contributed by atoms with Gasteiger partial charge in [-0.05, 0) is 56.5 Å². The van der Waals surface area contributed by atoms with E-state index in [-0.39, 0.29) is 54.8 Å². The molecule has 2 fully saturated rings. The van der Waals surface area contributed by atoms with Crippen LogP contribution in [0.3, 0.4) is 0 Å². The monoisotopic (exact) mass is 596 g/mol. The normalized spacial score (nSPS) is 18.8. The molecule has 1 aliphatic carbocycles. The number of carbonyl (C=O) groups excluding carboxylic acids is 1. The number of carbonyl (C=O) groups is 2. The molecule has 40 heavy (non-hydrogen) atoms. The molecule has 0 bridgehead atoms. The van der Waals surface area contributed by atoms with Crippen molar-refractivity contribution in [3.8, 4) is 11.3 Å². The van der Waals surface area contributed by atoms with Gasteiger partial charge >= 0.3 is 12.1 Å². The van der Waals surface area contributed by atoms with Gasteiger partial charge in [0.1, 0.15) is 5.82 Å². The van der Waals surface area contributed by atoms with Crippen molar-refractivity contribution in [3.05, 3.63) is 41.3 Å². The minimum Gasteiger partial charge on any atom is -0.481 e. The number of aromatic nitrogens is 2. The van der Waals surface area contributed by atoms with E-state index in [0.717, 1.165) is 25.0 Å². The highest BCUT2D eigenvalue weighted by molar-refractivity contribution is 5.94. The number of benzene rings is 1. The summed E-state index contributed by atoms with van der Waals surface area (Å²) in [5, 5.41) is 16.2. The number of likely N-dealkylation sites (tertiary alicyclic amines) is 1. The Morgan fingerprint density at radius 3 is 2.48 bits per heavy atom. The summed E-state index contributed by atoms with van der Waals surface area (Å²) in [7, 11) is 0. The summed E-state index contributed by atoms with van der Waals surface area (Å²) < 4.78 is 84.0. The predicted molar refractivity (Wildman–Crippen MR) is 136 cm³/mol. The van der Waals surface area contributed by atoms with E-state index in [1.54, 1.807) is 0 Å². The summed E-state index contributed by atoms with van der Waals surface area (Å²) in [5.41, 5.74) is -1.73. The molecular weight excluding hydrogens is 566 g/mol.